The zero-order valence-electron chi connectivity index (χ0n) is 11.6. The summed E-state index contributed by atoms with van der Waals surface area (Å²) in [5.41, 5.74) is 0.533. The van der Waals surface area contributed by atoms with Gasteiger partial charge in [-0.3, -0.25) is 9.59 Å². The van der Waals surface area contributed by atoms with Crippen LogP contribution >= 0.6 is 0 Å². The SMILES string of the molecule is O=C(Cn1ccc(=O)c2cccc(F)c21)Nc1ccccc1. The molecule has 3 aromatic rings. The first-order valence-electron chi connectivity index (χ1n) is 6.78. The summed E-state index contributed by atoms with van der Waals surface area (Å²) in [4.78, 5) is 23.9. The van der Waals surface area contributed by atoms with Crippen LogP contribution in [0.5, 0.6) is 0 Å². The number of hydrogen-bond acceptors (Lipinski definition) is 2. The predicted molar refractivity (Wildman–Crippen MR) is 83.2 cm³/mol. The molecule has 0 saturated heterocycles. The molecule has 0 aliphatic carbocycles. The summed E-state index contributed by atoms with van der Waals surface area (Å²) in [5, 5.41) is 2.99. The Kier molecular flexibility index (Phi) is 3.70. The molecule has 1 N–H and O–H groups in total. The fourth-order valence-electron chi connectivity index (χ4n) is 2.34. The van der Waals surface area contributed by atoms with E-state index in [1.54, 1.807) is 18.2 Å². The van der Waals surface area contributed by atoms with Crippen LogP contribution in [-0.4, -0.2) is 10.5 Å². The van der Waals surface area contributed by atoms with Crippen molar-refractivity contribution in [3.8, 4) is 0 Å². The molecule has 5 heteroatoms. The number of pyridine rings is 1. The van der Waals surface area contributed by atoms with Crippen molar-refractivity contribution < 1.29 is 9.18 Å². The zero-order chi connectivity index (χ0) is 15.5. The van der Waals surface area contributed by atoms with Crippen LogP contribution in [0.3, 0.4) is 0 Å². The van der Waals surface area contributed by atoms with E-state index in [1.807, 2.05) is 18.2 Å². The standard InChI is InChI=1S/C17H13FN2O2/c18-14-8-4-7-13-15(21)9-10-20(17(13)14)11-16(22)19-12-5-2-1-3-6-12/h1-10H,11H2,(H,19,22). The van der Waals surface area contributed by atoms with Gasteiger partial charge >= 0.3 is 0 Å². The number of rotatable bonds is 3. The van der Waals surface area contributed by atoms with Crippen molar-refractivity contribution in [1.82, 2.24) is 4.57 Å². The summed E-state index contributed by atoms with van der Waals surface area (Å²) >= 11 is 0. The molecule has 0 fully saturated rings. The lowest BCUT2D eigenvalue weighted by atomic mass is 10.2. The van der Waals surface area contributed by atoms with Gasteiger partial charge in [0.25, 0.3) is 0 Å². The van der Waals surface area contributed by atoms with Crippen molar-refractivity contribution in [2.75, 3.05) is 5.32 Å². The third kappa shape index (κ3) is 2.74. The molecule has 0 radical (unpaired) electrons. The Bertz CT molecular complexity index is 888. The molecule has 0 aliphatic rings. The molecule has 22 heavy (non-hydrogen) atoms. The molecule has 0 bridgehead atoms. The number of para-hydroxylation sites is 2. The normalized spacial score (nSPS) is 10.6. The van der Waals surface area contributed by atoms with Gasteiger partial charge in [-0.1, -0.05) is 24.3 Å². The Hall–Kier alpha value is -2.95. The number of halogens is 1. The summed E-state index contributed by atoms with van der Waals surface area (Å²) in [5.74, 6) is -0.817. The van der Waals surface area contributed by atoms with E-state index in [1.165, 1.54) is 29.0 Å². The van der Waals surface area contributed by atoms with Gasteiger partial charge in [0, 0.05) is 23.3 Å². The molecule has 1 aromatic heterocycles. The topological polar surface area (TPSA) is 51.1 Å². The first-order chi connectivity index (χ1) is 10.6. The Morgan fingerprint density at radius 3 is 2.59 bits per heavy atom. The van der Waals surface area contributed by atoms with E-state index < -0.39 is 5.82 Å². The van der Waals surface area contributed by atoms with Gasteiger partial charge in [-0.25, -0.2) is 4.39 Å². The third-order valence-corrected chi connectivity index (χ3v) is 3.32. The summed E-state index contributed by atoms with van der Waals surface area (Å²) in [6.45, 7) is -0.0768. The highest BCUT2D eigenvalue weighted by Gasteiger charge is 2.10. The molecule has 0 atom stereocenters. The Morgan fingerprint density at radius 2 is 1.82 bits per heavy atom. The van der Waals surface area contributed by atoms with Crippen LogP contribution in [-0.2, 0) is 11.3 Å². The van der Waals surface area contributed by atoms with E-state index in [0.717, 1.165) is 0 Å². The van der Waals surface area contributed by atoms with E-state index in [-0.39, 0.29) is 28.8 Å². The number of anilines is 1. The number of aromatic nitrogens is 1. The summed E-state index contributed by atoms with van der Waals surface area (Å²) in [6.07, 6.45) is 1.43. The van der Waals surface area contributed by atoms with Gasteiger partial charge in [0.05, 0.1) is 5.52 Å². The van der Waals surface area contributed by atoms with Crippen molar-refractivity contribution in [2.45, 2.75) is 6.54 Å². The maximum absolute atomic E-state index is 14.0. The van der Waals surface area contributed by atoms with Crippen LogP contribution in [0.2, 0.25) is 0 Å². The number of hydrogen-bond donors (Lipinski definition) is 1. The third-order valence-electron chi connectivity index (χ3n) is 3.32. The van der Waals surface area contributed by atoms with Crippen molar-refractivity contribution in [2.24, 2.45) is 0 Å². The zero-order valence-corrected chi connectivity index (χ0v) is 11.6. The van der Waals surface area contributed by atoms with Gasteiger partial charge < -0.3 is 9.88 Å². The summed E-state index contributed by atoms with van der Waals surface area (Å²) in [7, 11) is 0. The molecule has 110 valence electrons. The second kappa shape index (κ2) is 5.81. The van der Waals surface area contributed by atoms with Crippen LogP contribution in [0.4, 0.5) is 10.1 Å². The molecule has 4 nitrogen and oxygen atoms in total. The maximum Gasteiger partial charge on any atom is 0.244 e. The van der Waals surface area contributed by atoms with Crippen LogP contribution < -0.4 is 10.7 Å². The van der Waals surface area contributed by atoms with Crippen LogP contribution in [0.25, 0.3) is 10.9 Å². The number of carbonyl (C=O) groups excluding carboxylic acids is 1. The van der Waals surface area contributed by atoms with Crippen LogP contribution in [0.1, 0.15) is 0 Å². The average Bonchev–Trinajstić information content (AvgIpc) is 2.51. The number of nitrogens with one attached hydrogen (secondary N) is 1. The quantitative estimate of drug-likeness (QED) is 0.808. The molecular weight excluding hydrogens is 283 g/mol. The number of amides is 1. The molecule has 3 rings (SSSR count). The highest BCUT2D eigenvalue weighted by Crippen LogP contribution is 2.14. The highest BCUT2D eigenvalue weighted by atomic mass is 19.1. The summed E-state index contributed by atoms with van der Waals surface area (Å²) in [6, 6.07) is 14.6. The van der Waals surface area contributed by atoms with Gasteiger partial charge in [-0.05, 0) is 24.3 Å². The van der Waals surface area contributed by atoms with E-state index in [4.69, 9.17) is 0 Å². The highest BCUT2D eigenvalue weighted by molar-refractivity contribution is 5.91. The van der Waals surface area contributed by atoms with E-state index in [9.17, 15) is 14.0 Å². The fourth-order valence-corrected chi connectivity index (χ4v) is 2.34. The second-order valence-electron chi connectivity index (χ2n) is 4.86. The van der Waals surface area contributed by atoms with Gasteiger partial charge in [0.15, 0.2) is 5.43 Å². The minimum Gasteiger partial charge on any atom is -0.335 e. The lowest BCUT2D eigenvalue weighted by molar-refractivity contribution is -0.116. The van der Waals surface area contributed by atoms with Gasteiger partial charge in [-0.15, -0.1) is 0 Å². The van der Waals surface area contributed by atoms with Crippen molar-refractivity contribution in [1.29, 1.82) is 0 Å². The molecule has 1 heterocycles. The molecule has 0 spiro atoms. The molecule has 0 saturated carbocycles. The van der Waals surface area contributed by atoms with Crippen LogP contribution in [0, 0.1) is 5.82 Å². The van der Waals surface area contributed by atoms with E-state index in [0.29, 0.717) is 5.69 Å². The number of fused-ring (bicyclic) bond motifs is 1. The monoisotopic (exact) mass is 296 g/mol. The molecule has 1 amide bonds. The molecule has 0 unspecified atom stereocenters. The van der Waals surface area contributed by atoms with Gasteiger partial charge in [0.1, 0.15) is 12.4 Å². The van der Waals surface area contributed by atoms with Crippen molar-refractivity contribution >= 4 is 22.5 Å². The number of benzene rings is 2. The molecule has 0 aliphatic heterocycles. The minimum absolute atomic E-state index is 0.0768. The lowest BCUT2D eigenvalue weighted by Gasteiger charge is -2.11. The first-order valence-corrected chi connectivity index (χ1v) is 6.78. The minimum atomic E-state index is -0.525. The number of nitrogens with zero attached hydrogens (tertiary/aromatic N) is 1. The Balaban J connectivity index is 1.93. The second-order valence-corrected chi connectivity index (χ2v) is 4.86. The van der Waals surface area contributed by atoms with Crippen LogP contribution in [0.15, 0.2) is 65.6 Å². The van der Waals surface area contributed by atoms with Gasteiger partial charge in [0.2, 0.25) is 5.91 Å². The Labute approximate surface area is 125 Å². The van der Waals surface area contributed by atoms with E-state index >= 15 is 0 Å². The average molecular weight is 296 g/mol. The number of carbonyl (C=O) groups is 1. The largest absolute Gasteiger partial charge is 0.335 e. The predicted octanol–water partition coefficient (Wildman–Crippen LogP) is 2.78. The Morgan fingerprint density at radius 1 is 1.05 bits per heavy atom. The first kappa shape index (κ1) is 14.0. The maximum atomic E-state index is 14.0. The molecular formula is C17H13FN2O2. The smallest absolute Gasteiger partial charge is 0.244 e. The molecule has 2 aromatic carbocycles. The lowest BCUT2D eigenvalue weighted by Crippen LogP contribution is -2.20. The van der Waals surface area contributed by atoms with Crippen molar-refractivity contribution in [3.05, 3.63) is 76.8 Å². The fraction of sp³-hybridized carbons (Fsp3) is 0.0588. The van der Waals surface area contributed by atoms with Gasteiger partial charge in [-0.2, -0.15) is 0 Å². The van der Waals surface area contributed by atoms with Crippen molar-refractivity contribution in [3.63, 3.8) is 0 Å². The van der Waals surface area contributed by atoms with E-state index in [2.05, 4.69) is 5.32 Å². The summed E-state index contributed by atoms with van der Waals surface area (Å²) < 4.78 is 15.4.